The smallest absolute Gasteiger partial charge is 0.321 e. The highest BCUT2D eigenvalue weighted by atomic mass is 16.4. The molecule has 1 saturated carbocycles. The van der Waals surface area contributed by atoms with Gasteiger partial charge in [-0.3, -0.25) is 14.9 Å². The maximum Gasteiger partial charge on any atom is 0.321 e. The van der Waals surface area contributed by atoms with Gasteiger partial charge in [0, 0.05) is 25.6 Å². The van der Waals surface area contributed by atoms with Crippen molar-refractivity contribution in [2.45, 2.75) is 45.6 Å². The minimum Gasteiger partial charge on any atom is -0.481 e. The Hall–Kier alpha value is -1.63. The van der Waals surface area contributed by atoms with E-state index in [1.54, 1.807) is 13.8 Å². The minimum atomic E-state index is -0.958. The zero-order valence-corrected chi connectivity index (χ0v) is 12.9. The molecule has 1 fully saturated rings. The summed E-state index contributed by atoms with van der Waals surface area (Å²) >= 11 is 0. The number of nitrogens with zero attached hydrogens (tertiary/aromatic N) is 1. The summed E-state index contributed by atoms with van der Waals surface area (Å²) in [6.07, 6.45) is 2.29. The average molecular weight is 299 g/mol. The van der Waals surface area contributed by atoms with E-state index < -0.39 is 23.3 Å². The lowest BCUT2D eigenvalue weighted by molar-refractivity contribution is -0.139. The molecule has 1 aliphatic carbocycles. The summed E-state index contributed by atoms with van der Waals surface area (Å²) in [7, 11) is 2.01. The van der Waals surface area contributed by atoms with Crippen LogP contribution >= 0.6 is 0 Å². The third-order valence-corrected chi connectivity index (χ3v) is 3.44. The number of likely N-dealkylation sites (N-methyl/N-ethyl adjacent to an activating group) is 1. The third-order valence-electron chi connectivity index (χ3n) is 3.44. The lowest BCUT2D eigenvalue weighted by Crippen LogP contribution is -2.43. The molecule has 0 bridgehead atoms. The topological polar surface area (TPSA) is 98.7 Å². The van der Waals surface area contributed by atoms with Gasteiger partial charge in [0.25, 0.3) is 0 Å². The first-order chi connectivity index (χ1) is 9.69. The van der Waals surface area contributed by atoms with Crippen LogP contribution in [0.15, 0.2) is 0 Å². The Labute approximate surface area is 125 Å². The van der Waals surface area contributed by atoms with Crippen molar-refractivity contribution in [2.75, 3.05) is 20.1 Å². The van der Waals surface area contributed by atoms with Crippen LogP contribution < -0.4 is 10.6 Å². The van der Waals surface area contributed by atoms with E-state index in [2.05, 4.69) is 15.5 Å². The Morgan fingerprint density at radius 2 is 1.86 bits per heavy atom. The molecule has 3 amide bonds. The predicted molar refractivity (Wildman–Crippen MR) is 77.8 cm³/mol. The number of carbonyl (C=O) groups excluding carboxylic acids is 2. The third kappa shape index (κ3) is 7.65. The molecule has 0 aromatic rings. The van der Waals surface area contributed by atoms with E-state index >= 15 is 0 Å². The Kier molecular flexibility index (Phi) is 6.14. The summed E-state index contributed by atoms with van der Waals surface area (Å²) < 4.78 is 0. The van der Waals surface area contributed by atoms with Crippen molar-refractivity contribution in [3.63, 3.8) is 0 Å². The van der Waals surface area contributed by atoms with Crippen LogP contribution in [-0.4, -0.2) is 54.1 Å². The predicted octanol–water partition coefficient (Wildman–Crippen LogP) is 0.797. The maximum absolute atomic E-state index is 11.7. The van der Waals surface area contributed by atoms with Gasteiger partial charge in [-0.1, -0.05) is 13.8 Å². The number of aliphatic carboxylic acids is 1. The summed E-state index contributed by atoms with van der Waals surface area (Å²) in [5, 5.41) is 13.6. The molecule has 0 aliphatic heterocycles. The normalized spacial score (nSPS) is 14.9. The van der Waals surface area contributed by atoms with Crippen molar-refractivity contribution in [1.29, 1.82) is 0 Å². The standard InChI is InChI=1S/C14H25N3O4/c1-14(2,9-12(19)20)8-11(18)16-13(21)15-6-7-17(3)10-4-5-10/h10H,4-9H2,1-3H3,(H,19,20)(H2,15,16,18,21). The fourth-order valence-corrected chi connectivity index (χ4v) is 2.17. The molecular weight excluding hydrogens is 274 g/mol. The number of rotatable bonds is 8. The van der Waals surface area contributed by atoms with Crippen molar-refractivity contribution >= 4 is 17.9 Å². The van der Waals surface area contributed by atoms with E-state index in [9.17, 15) is 14.4 Å². The van der Waals surface area contributed by atoms with E-state index in [0.717, 1.165) is 6.54 Å². The van der Waals surface area contributed by atoms with E-state index in [4.69, 9.17) is 5.11 Å². The molecule has 7 nitrogen and oxygen atoms in total. The Morgan fingerprint density at radius 1 is 1.24 bits per heavy atom. The number of hydrogen-bond donors (Lipinski definition) is 3. The summed E-state index contributed by atoms with van der Waals surface area (Å²) in [6, 6.07) is 0.101. The second-order valence-electron chi connectivity index (χ2n) is 6.43. The number of carboxylic acid groups (broad SMARTS) is 1. The average Bonchev–Trinajstić information content (AvgIpc) is 3.08. The number of nitrogens with one attached hydrogen (secondary N) is 2. The van der Waals surface area contributed by atoms with Crippen molar-refractivity contribution in [1.82, 2.24) is 15.5 Å². The molecule has 7 heteroatoms. The fourth-order valence-electron chi connectivity index (χ4n) is 2.17. The summed E-state index contributed by atoms with van der Waals surface area (Å²) in [5.74, 6) is -1.42. The van der Waals surface area contributed by atoms with Crippen LogP contribution in [0.3, 0.4) is 0 Å². The molecule has 120 valence electrons. The number of imide groups is 1. The van der Waals surface area contributed by atoms with E-state index in [1.807, 2.05) is 7.05 Å². The van der Waals surface area contributed by atoms with Gasteiger partial charge < -0.3 is 15.3 Å². The molecule has 0 aromatic carbocycles. The molecule has 0 saturated heterocycles. The number of carboxylic acids is 1. The fraction of sp³-hybridized carbons (Fsp3) is 0.786. The highest BCUT2D eigenvalue weighted by Gasteiger charge is 2.27. The first-order valence-electron chi connectivity index (χ1n) is 7.19. The van der Waals surface area contributed by atoms with Crippen LogP contribution in [0.4, 0.5) is 4.79 Å². The zero-order chi connectivity index (χ0) is 16.0. The van der Waals surface area contributed by atoms with E-state index in [1.165, 1.54) is 12.8 Å². The van der Waals surface area contributed by atoms with Crippen LogP contribution in [0.2, 0.25) is 0 Å². The van der Waals surface area contributed by atoms with Crippen LogP contribution in [0.25, 0.3) is 0 Å². The Morgan fingerprint density at radius 3 is 2.38 bits per heavy atom. The van der Waals surface area contributed by atoms with Gasteiger partial charge in [-0.2, -0.15) is 0 Å². The largest absolute Gasteiger partial charge is 0.481 e. The van der Waals surface area contributed by atoms with Gasteiger partial charge in [0.1, 0.15) is 0 Å². The summed E-state index contributed by atoms with van der Waals surface area (Å²) in [4.78, 5) is 36.1. The van der Waals surface area contributed by atoms with Gasteiger partial charge in [-0.05, 0) is 25.3 Å². The van der Waals surface area contributed by atoms with Gasteiger partial charge in [0.15, 0.2) is 0 Å². The molecule has 0 radical (unpaired) electrons. The van der Waals surface area contributed by atoms with Gasteiger partial charge >= 0.3 is 12.0 Å². The van der Waals surface area contributed by atoms with Crippen molar-refractivity contribution in [2.24, 2.45) is 5.41 Å². The van der Waals surface area contributed by atoms with Crippen LogP contribution in [0.1, 0.15) is 39.5 Å². The van der Waals surface area contributed by atoms with E-state index in [0.29, 0.717) is 12.6 Å². The van der Waals surface area contributed by atoms with Crippen LogP contribution in [0.5, 0.6) is 0 Å². The quantitative estimate of drug-likeness (QED) is 0.615. The van der Waals surface area contributed by atoms with Gasteiger partial charge in [-0.25, -0.2) is 4.79 Å². The Bertz CT molecular complexity index is 405. The highest BCUT2D eigenvalue weighted by molar-refractivity contribution is 5.94. The number of amides is 3. The number of urea groups is 1. The molecule has 21 heavy (non-hydrogen) atoms. The molecule has 1 aliphatic rings. The van der Waals surface area contributed by atoms with Gasteiger partial charge in [-0.15, -0.1) is 0 Å². The molecule has 0 atom stereocenters. The summed E-state index contributed by atoms with van der Waals surface area (Å²) in [6.45, 7) is 4.59. The van der Waals surface area contributed by atoms with Crippen molar-refractivity contribution < 1.29 is 19.5 Å². The van der Waals surface area contributed by atoms with Crippen molar-refractivity contribution in [3.8, 4) is 0 Å². The molecule has 3 N–H and O–H groups in total. The molecule has 0 spiro atoms. The number of hydrogen-bond acceptors (Lipinski definition) is 4. The SMILES string of the molecule is CN(CCNC(=O)NC(=O)CC(C)(C)CC(=O)O)C1CC1. The molecule has 0 aromatic heterocycles. The first kappa shape index (κ1) is 17.4. The molecule has 0 unspecified atom stereocenters. The lowest BCUT2D eigenvalue weighted by atomic mass is 9.85. The summed E-state index contributed by atoms with van der Waals surface area (Å²) in [5.41, 5.74) is -0.678. The molecule has 0 heterocycles. The molecular formula is C14H25N3O4. The molecule has 1 rings (SSSR count). The highest BCUT2D eigenvalue weighted by Crippen LogP contribution is 2.25. The Balaban J connectivity index is 2.20. The van der Waals surface area contributed by atoms with Crippen LogP contribution in [-0.2, 0) is 9.59 Å². The number of carbonyl (C=O) groups is 3. The van der Waals surface area contributed by atoms with Gasteiger partial charge in [0.2, 0.25) is 5.91 Å². The minimum absolute atomic E-state index is 0.00526. The maximum atomic E-state index is 11.7. The second-order valence-corrected chi connectivity index (χ2v) is 6.43. The first-order valence-corrected chi connectivity index (χ1v) is 7.19. The van der Waals surface area contributed by atoms with E-state index in [-0.39, 0.29) is 12.8 Å². The van der Waals surface area contributed by atoms with Crippen molar-refractivity contribution in [3.05, 3.63) is 0 Å². The zero-order valence-electron chi connectivity index (χ0n) is 12.9. The second kappa shape index (κ2) is 7.40. The monoisotopic (exact) mass is 299 g/mol. The van der Waals surface area contributed by atoms with Crippen LogP contribution in [0, 0.1) is 5.41 Å². The lowest BCUT2D eigenvalue weighted by Gasteiger charge is -2.21. The van der Waals surface area contributed by atoms with Gasteiger partial charge in [0.05, 0.1) is 6.42 Å².